The number of carbonyl (C=O) groups is 3. The van der Waals surface area contributed by atoms with Crippen molar-refractivity contribution in [3.05, 3.63) is 173 Å². The molecule has 5 aromatic heterocycles. The predicted octanol–water partition coefficient (Wildman–Crippen LogP) is 9.45. The summed E-state index contributed by atoms with van der Waals surface area (Å²) in [6.45, 7) is 19.7. The Morgan fingerprint density at radius 1 is 0.746 bits per heavy atom. The zero-order chi connectivity index (χ0) is 49.9. The van der Waals surface area contributed by atoms with E-state index in [0.717, 1.165) is 28.8 Å². The molecule has 0 atom stereocenters. The first-order valence-electron chi connectivity index (χ1n) is 20.6. The van der Waals surface area contributed by atoms with Gasteiger partial charge in [0, 0.05) is 39.9 Å². The number of aliphatic hydroxyl groups is 1. The van der Waals surface area contributed by atoms with E-state index in [1.807, 2.05) is 41.5 Å². The molecule has 7 aromatic rings. The molecule has 19 heteroatoms. The van der Waals surface area contributed by atoms with Gasteiger partial charge in [0.15, 0.2) is 40.4 Å². The number of furan rings is 2. The van der Waals surface area contributed by atoms with Gasteiger partial charge in [-0.2, -0.15) is 10.2 Å². The second-order valence-electron chi connectivity index (χ2n) is 16.0. The highest BCUT2D eigenvalue weighted by Crippen LogP contribution is 2.18. The largest absolute Gasteiger partial charge is 0.504 e. The van der Waals surface area contributed by atoms with Crippen LogP contribution in [0.5, 0.6) is 0 Å². The molecule has 0 saturated heterocycles. The number of aromatic nitrogens is 9. The van der Waals surface area contributed by atoms with Crippen LogP contribution in [-0.2, 0) is 33.6 Å². The Balaban J connectivity index is 0.000000251. The molecule has 0 aliphatic carbocycles. The fraction of sp³-hybridized carbons (Fsp3) is 0.312. The lowest BCUT2D eigenvalue weighted by Crippen LogP contribution is -2.28. The minimum atomic E-state index is -0.495. The average molecular weight is 926 g/mol. The number of aliphatic hydroxyl groups excluding tert-OH is 1. The Morgan fingerprint density at radius 3 is 1.63 bits per heavy atom. The Hall–Kier alpha value is -7.67. The maximum atomic E-state index is 13.0. The van der Waals surface area contributed by atoms with Crippen molar-refractivity contribution in [2.75, 3.05) is 14.2 Å². The van der Waals surface area contributed by atoms with Gasteiger partial charge in [0.05, 0.1) is 18.4 Å². The number of allylic oxidation sites excluding steroid dienone is 2. The van der Waals surface area contributed by atoms with E-state index in [0.29, 0.717) is 35.9 Å². The van der Waals surface area contributed by atoms with Crippen molar-refractivity contribution in [2.24, 2.45) is 0 Å². The molecule has 0 radical (unpaired) electrons. The molecule has 0 saturated carbocycles. The van der Waals surface area contributed by atoms with Gasteiger partial charge in [0.2, 0.25) is 11.6 Å². The van der Waals surface area contributed by atoms with Gasteiger partial charge in [0.25, 0.3) is 0 Å². The SMILES string of the molecule is C=C(C)OC.CC(=O)c1ccc(Cc2ccc(F)cc2)o1.CC(=O)c1ncn[nH]1.CC(C)(C)n1cnc(/C(O)=C/C(=O)c2ccc(Cc3ccc(F)cc3)o2)n1.COC(C)(C)n1cnc(C)n1. The number of Topliss-reactive ketones (excluding diaryl/α,β-unsaturated/α-hetero) is 2. The Morgan fingerprint density at radius 2 is 1.25 bits per heavy atom. The van der Waals surface area contributed by atoms with Gasteiger partial charge < -0.3 is 23.4 Å². The average Bonchev–Trinajstić information content (AvgIpc) is 4.14. The zero-order valence-electron chi connectivity index (χ0n) is 39.5. The van der Waals surface area contributed by atoms with Crippen LogP contribution in [0.2, 0.25) is 0 Å². The summed E-state index contributed by atoms with van der Waals surface area (Å²) >= 11 is 0. The van der Waals surface area contributed by atoms with E-state index in [1.54, 1.807) is 79.3 Å². The van der Waals surface area contributed by atoms with Gasteiger partial charge in [-0.15, -0.1) is 5.10 Å². The Kier molecular flexibility index (Phi) is 20.1. The number of ether oxygens (including phenoxy) is 2. The number of rotatable bonds is 12. The van der Waals surface area contributed by atoms with Crippen molar-refractivity contribution in [3.63, 3.8) is 0 Å². The molecule has 0 unspecified atom stereocenters. The van der Waals surface area contributed by atoms with Gasteiger partial charge in [0.1, 0.15) is 48.0 Å². The number of aromatic amines is 1. The number of ketones is 3. The third kappa shape index (κ3) is 18.4. The molecule has 0 spiro atoms. The molecule has 0 amide bonds. The second-order valence-corrected chi connectivity index (χ2v) is 16.0. The lowest BCUT2D eigenvalue weighted by Gasteiger charge is -2.22. The van der Waals surface area contributed by atoms with E-state index >= 15 is 0 Å². The summed E-state index contributed by atoms with van der Waals surface area (Å²) in [4.78, 5) is 45.3. The van der Waals surface area contributed by atoms with Gasteiger partial charge in [-0.1, -0.05) is 30.8 Å². The van der Waals surface area contributed by atoms with Crippen molar-refractivity contribution >= 4 is 23.1 Å². The first-order valence-corrected chi connectivity index (χ1v) is 20.6. The van der Waals surface area contributed by atoms with Gasteiger partial charge in [-0.3, -0.25) is 19.5 Å². The number of methoxy groups -OCH3 is 2. The number of carbonyl (C=O) groups excluding carboxylic acids is 3. The zero-order valence-corrected chi connectivity index (χ0v) is 39.5. The van der Waals surface area contributed by atoms with E-state index in [1.165, 1.54) is 56.8 Å². The third-order valence-electron chi connectivity index (χ3n) is 8.93. The van der Waals surface area contributed by atoms with Crippen molar-refractivity contribution < 1.29 is 46.6 Å². The normalized spacial score (nSPS) is 11.0. The first-order chi connectivity index (χ1) is 31.5. The minimum absolute atomic E-state index is 0.0661. The van der Waals surface area contributed by atoms with Gasteiger partial charge in [-0.25, -0.2) is 33.1 Å². The van der Waals surface area contributed by atoms with Crippen LogP contribution in [0.3, 0.4) is 0 Å². The monoisotopic (exact) mass is 925 g/mol. The van der Waals surface area contributed by atoms with Crippen LogP contribution in [-0.4, -0.2) is 81.4 Å². The lowest BCUT2D eigenvalue weighted by molar-refractivity contribution is -0.0553. The molecule has 0 bridgehead atoms. The van der Waals surface area contributed by atoms with Crippen LogP contribution < -0.4 is 0 Å². The molecule has 17 nitrogen and oxygen atoms in total. The molecule has 0 aliphatic heterocycles. The number of nitrogens with zero attached hydrogens (tertiary/aromatic N) is 8. The summed E-state index contributed by atoms with van der Waals surface area (Å²) < 4.78 is 49.5. The second kappa shape index (κ2) is 25.1. The summed E-state index contributed by atoms with van der Waals surface area (Å²) in [6, 6.07) is 18.9. The standard InChI is InChI=1S/C20H20FN3O3.C13H11FO2.C7H13N3O.C4H5N3O.C4H8O/c1-20(2,3)24-12-22-19(23-24)17(26)11-16(25)18-9-8-15(27-18)10-13-4-6-14(21)7-5-13;1-9(15)13-7-6-12(16-13)8-10-2-4-11(14)5-3-10;1-6-8-5-10(9-6)7(2,3)11-4;1-3(8)4-5-2-6-7-4;1-4(2)5-3/h4-9,11-12,26H,10H2,1-3H3;2-7H,8H2,1H3;5H,1-4H3;2H,1H3,(H,5,6,7);1H2,2-3H3/b17-11-;;;;. The number of H-pyrrole nitrogens is 1. The van der Waals surface area contributed by atoms with Crippen molar-refractivity contribution in [3.8, 4) is 0 Å². The quantitative estimate of drug-likeness (QED) is 0.0663. The summed E-state index contributed by atoms with van der Waals surface area (Å²) in [5.41, 5.74) is 1.12. The number of nitrogens with one attached hydrogen (secondary N) is 1. The minimum Gasteiger partial charge on any atom is -0.504 e. The maximum absolute atomic E-state index is 13.0. The lowest BCUT2D eigenvalue weighted by atomic mass is 10.1. The van der Waals surface area contributed by atoms with Gasteiger partial charge in [-0.05, 0) is 108 Å². The van der Waals surface area contributed by atoms with E-state index in [4.69, 9.17) is 13.6 Å². The number of benzene rings is 2. The van der Waals surface area contributed by atoms with E-state index < -0.39 is 11.5 Å². The van der Waals surface area contributed by atoms with Crippen molar-refractivity contribution in [1.29, 1.82) is 0 Å². The molecular weight excluding hydrogens is 869 g/mol. The highest BCUT2D eigenvalue weighted by Gasteiger charge is 2.20. The van der Waals surface area contributed by atoms with Crippen LogP contribution in [0.15, 0.2) is 119 Å². The number of hydrogen-bond donors (Lipinski definition) is 2. The summed E-state index contributed by atoms with van der Waals surface area (Å²) in [6.07, 6.45) is 6.49. The topological polar surface area (TPSA) is 219 Å². The molecule has 0 aliphatic rings. The first kappa shape index (κ1) is 53.7. The Labute approximate surface area is 387 Å². The molecule has 67 heavy (non-hydrogen) atoms. The summed E-state index contributed by atoms with van der Waals surface area (Å²) in [7, 11) is 3.25. The number of aryl methyl sites for hydroxylation is 1. The summed E-state index contributed by atoms with van der Waals surface area (Å²) in [5.74, 6) is 2.03. The highest BCUT2D eigenvalue weighted by atomic mass is 19.1. The molecule has 2 N–H and O–H groups in total. The predicted molar refractivity (Wildman–Crippen MR) is 245 cm³/mol. The van der Waals surface area contributed by atoms with Crippen LogP contribution in [0, 0.1) is 18.6 Å². The van der Waals surface area contributed by atoms with Crippen LogP contribution in [0.1, 0.15) is 121 Å². The van der Waals surface area contributed by atoms with Gasteiger partial charge >= 0.3 is 0 Å². The molecule has 5 heterocycles. The van der Waals surface area contributed by atoms with Crippen LogP contribution >= 0.6 is 0 Å². The smallest absolute Gasteiger partial charge is 0.224 e. The molecule has 2 aromatic carbocycles. The van der Waals surface area contributed by atoms with Crippen LogP contribution in [0.4, 0.5) is 8.78 Å². The maximum Gasteiger partial charge on any atom is 0.224 e. The fourth-order valence-electron chi connectivity index (χ4n) is 4.91. The van der Waals surface area contributed by atoms with E-state index in [-0.39, 0.29) is 46.1 Å². The molecule has 356 valence electrons. The van der Waals surface area contributed by atoms with Crippen molar-refractivity contribution in [2.45, 2.75) is 86.4 Å². The molecule has 0 fully saturated rings. The van der Waals surface area contributed by atoms with E-state index in [2.05, 4.69) is 46.7 Å². The fourth-order valence-corrected chi connectivity index (χ4v) is 4.91. The summed E-state index contributed by atoms with van der Waals surface area (Å²) in [5, 5.41) is 24.3. The van der Waals surface area contributed by atoms with Crippen LogP contribution in [0.25, 0.3) is 5.76 Å². The Bertz CT molecular complexity index is 2670. The highest BCUT2D eigenvalue weighted by molar-refractivity contribution is 6.05. The number of hydrogen-bond acceptors (Lipinski definition) is 14. The molecule has 7 rings (SSSR count). The van der Waals surface area contributed by atoms with Crippen molar-refractivity contribution in [1.82, 2.24) is 44.7 Å². The molecular formula is C48H57F2N9O8. The third-order valence-corrected chi connectivity index (χ3v) is 8.93. The van der Waals surface area contributed by atoms with E-state index in [9.17, 15) is 28.3 Å². The number of halogens is 2.